The van der Waals surface area contributed by atoms with Gasteiger partial charge in [-0.25, -0.2) is 0 Å². The molecule has 1 amide bonds. The first-order valence-electron chi connectivity index (χ1n) is 7.99. The molecule has 0 aromatic heterocycles. The van der Waals surface area contributed by atoms with E-state index in [1.165, 1.54) is 0 Å². The van der Waals surface area contributed by atoms with Crippen molar-refractivity contribution in [3.05, 3.63) is 29.8 Å². The van der Waals surface area contributed by atoms with Crippen molar-refractivity contribution in [1.29, 1.82) is 0 Å². The van der Waals surface area contributed by atoms with Gasteiger partial charge < -0.3 is 15.1 Å². The topological polar surface area (TPSA) is 35.6 Å². The predicted molar refractivity (Wildman–Crippen MR) is 87.8 cm³/mol. The summed E-state index contributed by atoms with van der Waals surface area (Å²) in [4.78, 5) is 17.2. The molecule has 4 heteroatoms. The lowest BCUT2D eigenvalue weighted by atomic mass is 10.1. The van der Waals surface area contributed by atoms with Crippen LogP contribution in [0.1, 0.15) is 37.0 Å². The summed E-state index contributed by atoms with van der Waals surface area (Å²) in [7, 11) is 2.14. The third kappa shape index (κ3) is 3.97. The molecule has 0 aliphatic carbocycles. The number of carbonyl (C=O) groups excluding carboxylic acids is 1. The van der Waals surface area contributed by atoms with Crippen LogP contribution in [0.25, 0.3) is 0 Å². The molecule has 1 aliphatic heterocycles. The molecule has 2 rings (SSSR count). The SMILES string of the molecule is CCNc1ccc(C(=O)N2CCCN(C)CC2CC)cc1. The van der Waals surface area contributed by atoms with E-state index in [4.69, 9.17) is 0 Å². The molecule has 0 saturated carbocycles. The van der Waals surface area contributed by atoms with E-state index in [2.05, 4.69) is 36.0 Å². The Morgan fingerprint density at radius 1 is 1.24 bits per heavy atom. The van der Waals surface area contributed by atoms with Crippen molar-refractivity contribution in [1.82, 2.24) is 9.80 Å². The monoisotopic (exact) mass is 289 g/mol. The van der Waals surface area contributed by atoms with Gasteiger partial charge in [-0.1, -0.05) is 6.92 Å². The Balaban J connectivity index is 2.12. The minimum Gasteiger partial charge on any atom is -0.385 e. The van der Waals surface area contributed by atoms with Crippen molar-refractivity contribution in [3.8, 4) is 0 Å². The van der Waals surface area contributed by atoms with Gasteiger partial charge >= 0.3 is 0 Å². The molecule has 1 aliphatic rings. The van der Waals surface area contributed by atoms with Crippen molar-refractivity contribution in [3.63, 3.8) is 0 Å². The molecule has 1 atom stereocenters. The molecular formula is C17H27N3O. The molecule has 0 bridgehead atoms. The first kappa shape index (κ1) is 15.8. The van der Waals surface area contributed by atoms with Gasteiger partial charge in [0.25, 0.3) is 5.91 Å². The number of hydrogen-bond donors (Lipinski definition) is 1. The van der Waals surface area contributed by atoms with E-state index >= 15 is 0 Å². The Morgan fingerprint density at radius 2 is 1.95 bits per heavy atom. The van der Waals surface area contributed by atoms with Crippen molar-refractivity contribution >= 4 is 11.6 Å². The normalized spacial score (nSPS) is 20.1. The number of nitrogens with zero attached hydrogens (tertiary/aromatic N) is 2. The molecule has 116 valence electrons. The second-order valence-corrected chi connectivity index (χ2v) is 5.78. The van der Waals surface area contributed by atoms with Gasteiger partial charge in [-0.2, -0.15) is 0 Å². The summed E-state index contributed by atoms with van der Waals surface area (Å²) in [6, 6.07) is 8.16. The number of carbonyl (C=O) groups is 1. The summed E-state index contributed by atoms with van der Waals surface area (Å²) in [5, 5.41) is 3.26. The van der Waals surface area contributed by atoms with E-state index < -0.39 is 0 Å². The molecule has 21 heavy (non-hydrogen) atoms. The van der Waals surface area contributed by atoms with Crippen LogP contribution in [0.4, 0.5) is 5.69 Å². The van der Waals surface area contributed by atoms with Gasteiger partial charge in [0.1, 0.15) is 0 Å². The van der Waals surface area contributed by atoms with Gasteiger partial charge in [-0.05, 0) is 57.6 Å². The number of hydrogen-bond acceptors (Lipinski definition) is 3. The lowest BCUT2D eigenvalue weighted by molar-refractivity contribution is 0.0676. The molecule has 4 nitrogen and oxygen atoms in total. The molecule has 1 aromatic rings. The summed E-state index contributed by atoms with van der Waals surface area (Å²) in [5.74, 6) is 0.167. The van der Waals surface area contributed by atoms with Gasteiger partial charge in [0.2, 0.25) is 0 Å². The lowest BCUT2D eigenvalue weighted by Gasteiger charge is -2.30. The van der Waals surface area contributed by atoms with Gasteiger partial charge in [-0.3, -0.25) is 4.79 Å². The van der Waals surface area contributed by atoms with Crippen molar-refractivity contribution in [2.75, 3.05) is 38.5 Å². The maximum Gasteiger partial charge on any atom is 0.254 e. The number of benzene rings is 1. The Kier molecular flexibility index (Phi) is 5.62. The van der Waals surface area contributed by atoms with Gasteiger partial charge in [0.15, 0.2) is 0 Å². The predicted octanol–water partition coefficient (Wildman–Crippen LogP) is 2.67. The zero-order valence-electron chi connectivity index (χ0n) is 13.4. The standard InChI is InChI=1S/C17H27N3O/c1-4-16-13-19(3)11-6-12-20(16)17(21)14-7-9-15(10-8-14)18-5-2/h7-10,16,18H,4-6,11-13H2,1-3H3. The Labute approximate surface area is 128 Å². The molecule has 0 spiro atoms. The molecule has 1 fully saturated rings. The highest BCUT2D eigenvalue weighted by Crippen LogP contribution is 2.17. The van der Waals surface area contributed by atoms with Gasteiger partial charge in [0, 0.05) is 36.9 Å². The van der Waals surface area contributed by atoms with Crippen LogP contribution in [0.5, 0.6) is 0 Å². The maximum absolute atomic E-state index is 12.8. The lowest BCUT2D eigenvalue weighted by Crippen LogP contribution is -2.43. The van der Waals surface area contributed by atoms with E-state index in [0.717, 1.165) is 50.3 Å². The van der Waals surface area contributed by atoms with Crippen LogP contribution in [0, 0.1) is 0 Å². The minimum absolute atomic E-state index is 0.167. The van der Waals surface area contributed by atoms with Crippen LogP contribution in [0.15, 0.2) is 24.3 Å². The van der Waals surface area contributed by atoms with Crippen LogP contribution in [0.3, 0.4) is 0 Å². The van der Waals surface area contributed by atoms with Crippen LogP contribution >= 0.6 is 0 Å². The summed E-state index contributed by atoms with van der Waals surface area (Å²) >= 11 is 0. The smallest absolute Gasteiger partial charge is 0.254 e. The number of rotatable bonds is 4. The highest BCUT2D eigenvalue weighted by Gasteiger charge is 2.26. The van der Waals surface area contributed by atoms with Gasteiger partial charge in [0.05, 0.1) is 0 Å². The Hall–Kier alpha value is -1.55. The number of nitrogens with one attached hydrogen (secondary N) is 1. The van der Waals surface area contributed by atoms with Crippen molar-refractivity contribution in [2.24, 2.45) is 0 Å². The largest absolute Gasteiger partial charge is 0.385 e. The molecule has 1 saturated heterocycles. The van der Waals surface area contributed by atoms with Gasteiger partial charge in [-0.15, -0.1) is 0 Å². The van der Waals surface area contributed by atoms with Crippen LogP contribution < -0.4 is 5.32 Å². The fraction of sp³-hybridized carbons (Fsp3) is 0.588. The fourth-order valence-corrected chi connectivity index (χ4v) is 2.96. The maximum atomic E-state index is 12.8. The second-order valence-electron chi connectivity index (χ2n) is 5.78. The first-order chi connectivity index (χ1) is 10.2. The summed E-state index contributed by atoms with van der Waals surface area (Å²) in [6.07, 6.45) is 2.06. The summed E-state index contributed by atoms with van der Waals surface area (Å²) < 4.78 is 0. The van der Waals surface area contributed by atoms with Crippen molar-refractivity contribution < 1.29 is 4.79 Å². The highest BCUT2D eigenvalue weighted by atomic mass is 16.2. The van der Waals surface area contributed by atoms with E-state index in [-0.39, 0.29) is 5.91 Å². The average molecular weight is 289 g/mol. The van der Waals surface area contributed by atoms with Crippen LogP contribution in [-0.2, 0) is 0 Å². The fourth-order valence-electron chi connectivity index (χ4n) is 2.96. The third-order valence-electron chi connectivity index (χ3n) is 4.15. The molecule has 1 unspecified atom stereocenters. The van der Waals surface area contributed by atoms with E-state index in [1.54, 1.807) is 0 Å². The number of anilines is 1. The van der Waals surface area contributed by atoms with Crippen LogP contribution in [0.2, 0.25) is 0 Å². The van der Waals surface area contributed by atoms with E-state index in [0.29, 0.717) is 6.04 Å². The second kappa shape index (κ2) is 7.46. The zero-order valence-corrected chi connectivity index (χ0v) is 13.4. The number of likely N-dealkylation sites (N-methyl/N-ethyl adjacent to an activating group) is 1. The quantitative estimate of drug-likeness (QED) is 0.925. The Morgan fingerprint density at radius 3 is 2.57 bits per heavy atom. The summed E-state index contributed by atoms with van der Waals surface area (Å²) in [5.41, 5.74) is 1.86. The molecular weight excluding hydrogens is 262 g/mol. The molecule has 1 aromatic carbocycles. The van der Waals surface area contributed by atoms with E-state index in [9.17, 15) is 4.79 Å². The number of amides is 1. The highest BCUT2D eigenvalue weighted by molar-refractivity contribution is 5.94. The van der Waals surface area contributed by atoms with E-state index in [1.807, 2.05) is 24.3 Å². The first-order valence-corrected chi connectivity index (χ1v) is 7.99. The zero-order chi connectivity index (χ0) is 15.2. The molecule has 1 N–H and O–H groups in total. The molecule has 1 heterocycles. The minimum atomic E-state index is 0.167. The Bertz CT molecular complexity index is 458. The summed E-state index contributed by atoms with van der Waals surface area (Å²) in [6.45, 7) is 8.02. The van der Waals surface area contributed by atoms with Crippen LogP contribution in [-0.4, -0.2) is 55.0 Å². The average Bonchev–Trinajstić information content (AvgIpc) is 2.69. The van der Waals surface area contributed by atoms with Crippen molar-refractivity contribution in [2.45, 2.75) is 32.7 Å². The molecule has 0 radical (unpaired) electrons. The third-order valence-corrected chi connectivity index (χ3v) is 4.15.